The van der Waals surface area contributed by atoms with Gasteiger partial charge in [-0.1, -0.05) is 60.7 Å². The van der Waals surface area contributed by atoms with Crippen LogP contribution in [0.3, 0.4) is 0 Å². The molecule has 1 nitrogen and oxygen atoms in total. The molecule has 0 aromatic heterocycles. The van der Waals surface area contributed by atoms with E-state index in [1.165, 1.54) is 22.3 Å². The summed E-state index contributed by atoms with van der Waals surface area (Å²) in [5.74, 6) is 0. The van der Waals surface area contributed by atoms with Crippen LogP contribution in [0.2, 0.25) is 0 Å². The second kappa shape index (κ2) is 4.13. The lowest BCUT2D eigenvalue weighted by Crippen LogP contribution is -2.24. The highest BCUT2D eigenvalue weighted by molar-refractivity contribution is 5.78. The van der Waals surface area contributed by atoms with Crippen molar-refractivity contribution >= 4 is 0 Å². The van der Waals surface area contributed by atoms with Gasteiger partial charge in [-0.3, -0.25) is 0 Å². The highest BCUT2D eigenvalue weighted by atomic mass is 15.1. The first-order valence-electron chi connectivity index (χ1n) is 6.72. The Balaban J connectivity index is 1.91. The van der Waals surface area contributed by atoms with Gasteiger partial charge in [0.25, 0.3) is 0 Å². The Morgan fingerprint density at radius 1 is 0.789 bits per heavy atom. The molecule has 1 aliphatic carbocycles. The van der Waals surface area contributed by atoms with E-state index >= 15 is 0 Å². The van der Waals surface area contributed by atoms with Crippen molar-refractivity contribution in [3.05, 3.63) is 84.1 Å². The minimum Gasteiger partial charge on any atom is -0.363 e. The molecule has 2 aromatic rings. The molecule has 0 saturated heterocycles. The van der Waals surface area contributed by atoms with Crippen LogP contribution in [-0.2, 0) is 0 Å². The minimum absolute atomic E-state index is 0.355. The lowest BCUT2D eigenvalue weighted by molar-refractivity contribution is 0.352. The van der Waals surface area contributed by atoms with Crippen LogP contribution in [0.4, 0.5) is 0 Å². The summed E-state index contributed by atoms with van der Waals surface area (Å²) in [5.41, 5.74) is 5.60. The predicted molar refractivity (Wildman–Crippen MR) is 78.7 cm³/mol. The second-order valence-electron chi connectivity index (χ2n) is 5.04. The number of fused-ring (bicyclic) bond motifs is 3. The number of rotatable bonds is 1. The molecule has 1 heteroatoms. The van der Waals surface area contributed by atoms with E-state index in [4.69, 9.17) is 0 Å². The van der Waals surface area contributed by atoms with Crippen LogP contribution in [-0.4, -0.2) is 11.4 Å². The molecule has 0 fully saturated rings. The first-order chi connectivity index (χ1) is 9.45. The van der Waals surface area contributed by atoms with Crippen molar-refractivity contribution in [2.45, 2.75) is 6.04 Å². The maximum Gasteiger partial charge on any atom is 0.0805 e. The molecule has 0 bridgehead atoms. The van der Waals surface area contributed by atoms with Gasteiger partial charge in [0.2, 0.25) is 0 Å². The first-order valence-corrected chi connectivity index (χ1v) is 6.72. The lowest BCUT2D eigenvalue weighted by Gasteiger charge is -2.29. The van der Waals surface area contributed by atoms with Crippen molar-refractivity contribution in [2.24, 2.45) is 0 Å². The number of hydrogen-bond donors (Lipinski definition) is 0. The van der Waals surface area contributed by atoms with Gasteiger partial charge in [0, 0.05) is 12.7 Å². The van der Waals surface area contributed by atoms with E-state index in [0.29, 0.717) is 6.04 Å². The van der Waals surface area contributed by atoms with Gasteiger partial charge in [0.15, 0.2) is 0 Å². The van der Waals surface area contributed by atoms with Gasteiger partial charge in [-0.25, -0.2) is 0 Å². The van der Waals surface area contributed by atoms with Gasteiger partial charge in [-0.05, 0) is 28.3 Å². The number of benzene rings is 2. The van der Waals surface area contributed by atoms with E-state index in [9.17, 15) is 0 Å². The first kappa shape index (κ1) is 10.6. The Kier molecular flexibility index (Phi) is 2.31. The summed E-state index contributed by atoms with van der Waals surface area (Å²) in [6.07, 6.45) is 8.64. The quantitative estimate of drug-likeness (QED) is 0.729. The topological polar surface area (TPSA) is 3.24 Å². The number of allylic oxidation sites excluding steroid dienone is 2. The van der Waals surface area contributed by atoms with Crippen LogP contribution in [0, 0.1) is 0 Å². The highest BCUT2D eigenvalue weighted by Crippen LogP contribution is 2.46. The molecule has 0 unspecified atom stereocenters. The molecule has 1 aliphatic heterocycles. The molecule has 0 amide bonds. The summed E-state index contributed by atoms with van der Waals surface area (Å²) in [6, 6.07) is 17.9. The van der Waals surface area contributed by atoms with Gasteiger partial charge < -0.3 is 4.90 Å². The van der Waals surface area contributed by atoms with Crippen molar-refractivity contribution < 1.29 is 0 Å². The van der Waals surface area contributed by atoms with Crippen molar-refractivity contribution in [3.63, 3.8) is 0 Å². The molecule has 0 atom stereocenters. The van der Waals surface area contributed by atoms with Gasteiger partial charge in [-0.2, -0.15) is 0 Å². The molecule has 4 rings (SSSR count). The van der Waals surface area contributed by atoms with E-state index in [0.717, 1.165) is 6.54 Å². The Morgan fingerprint density at radius 2 is 1.42 bits per heavy atom. The van der Waals surface area contributed by atoms with Gasteiger partial charge in [0.05, 0.1) is 6.04 Å². The van der Waals surface area contributed by atoms with Gasteiger partial charge >= 0.3 is 0 Å². The van der Waals surface area contributed by atoms with E-state index in [1.54, 1.807) is 0 Å². The predicted octanol–water partition coefficient (Wildman–Crippen LogP) is 4.14. The van der Waals surface area contributed by atoms with Crippen LogP contribution in [0.1, 0.15) is 17.2 Å². The van der Waals surface area contributed by atoms with Crippen LogP contribution in [0.25, 0.3) is 11.1 Å². The molecular formula is C18H15N. The smallest absolute Gasteiger partial charge is 0.0805 e. The molecule has 19 heavy (non-hydrogen) atoms. The summed E-state index contributed by atoms with van der Waals surface area (Å²) in [5, 5.41) is 0. The number of nitrogens with zero attached hydrogens (tertiary/aromatic N) is 1. The molecule has 2 aliphatic rings. The molecular weight excluding hydrogens is 230 g/mol. The summed E-state index contributed by atoms with van der Waals surface area (Å²) >= 11 is 0. The Hall–Kier alpha value is -2.28. The average molecular weight is 245 g/mol. The summed E-state index contributed by atoms with van der Waals surface area (Å²) in [6.45, 7) is 0.976. The van der Waals surface area contributed by atoms with Gasteiger partial charge in [-0.15, -0.1) is 0 Å². The molecule has 0 saturated carbocycles. The molecule has 2 aromatic carbocycles. The fraction of sp³-hybridized carbons (Fsp3) is 0.111. The molecule has 0 radical (unpaired) electrons. The van der Waals surface area contributed by atoms with Crippen molar-refractivity contribution in [1.82, 2.24) is 4.90 Å². The summed E-state index contributed by atoms with van der Waals surface area (Å²) < 4.78 is 0. The highest BCUT2D eigenvalue weighted by Gasteiger charge is 2.30. The third-order valence-corrected chi connectivity index (χ3v) is 3.97. The molecule has 1 heterocycles. The SMILES string of the molecule is C1=CCN(C2c3ccccc3-c3ccccc32)C=C1. The third-order valence-electron chi connectivity index (χ3n) is 3.97. The second-order valence-corrected chi connectivity index (χ2v) is 5.04. The van der Waals surface area contributed by atoms with Gasteiger partial charge in [0.1, 0.15) is 0 Å². The Morgan fingerprint density at radius 3 is 2.00 bits per heavy atom. The Labute approximate surface area is 113 Å². The fourth-order valence-electron chi connectivity index (χ4n) is 3.16. The van der Waals surface area contributed by atoms with Crippen LogP contribution in [0.15, 0.2) is 73.0 Å². The van der Waals surface area contributed by atoms with Crippen LogP contribution >= 0.6 is 0 Å². The van der Waals surface area contributed by atoms with Crippen LogP contribution in [0.5, 0.6) is 0 Å². The van der Waals surface area contributed by atoms with Crippen molar-refractivity contribution in [2.75, 3.05) is 6.54 Å². The van der Waals surface area contributed by atoms with Crippen molar-refractivity contribution in [3.8, 4) is 11.1 Å². The van der Waals surface area contributed by atoms with Crippen molar-refractivity contribution in [1.29, 1.82) is 0 Å². The average Bonchev–Trinajstić information content (AvgIpc) is 2.83. The van der Waals surface area contributed by atoms with E-state index < -0.39 is 0 Å². The normalized spacial score (nSPS) is 16.5. The molecule has 92 valence electrons. The van der Waals surface area contributed by atoms with E-state index in [1.807, 2.05) is 0 Å². The van der Waals surface area contributed by atoms with E-state index in [2.05, 4.69) is 77.9 Å². The summed E-state index contributed by atoms with van der Waals surface area (Å²) in [4.78, 5) is 2.41. The largest absolute Gasteiger partial charge is 0.363 e. The standard InChI is InChI=1S/C18H15N/c1-6-12-19(13-7-1)18-16-10-4-2-8-14(16)15-9-3-5-11-17(15)18/h1-12,18H,13H2. The maximum absolute atomic E-state index is 2.41. The molecule has 0 N–H and O–H groups in total. The number of hydrogen-bond acceptors (Lipinski definition) is 1. The van der Waals surface area contributed by atoms with E-state index in [-0.39, 0.29) is 0 Å². The van der Waals surface area contributed by atoms with Crippen LogP contribution < -0.4 is 0 Å². The maximum atomic E-state index is 2.41. The lowest BCUT2D eigenvalue weighted by atomic mass is 10.0. The fourth-order valence-corrected chi connectivity index (χ4v) is 3.16. The Bertz CT molecular complexity index is 636. The monoisotopic (exact) mass is 245 g/mol. The third kappa shape index (κ3) is 1.55. The zero-order chi connectivity index (χ0) is 12.7. The summed E-state index contributed by atoms with van der Waals surface area (Å²) in [7, 11) is 0. The molecule has 0 spiro atoms. The minimum atomic E-state index is 0.355. The zero-order valence-corrected chi connectivity index (χ0v) is 10.7. The zero-order valence-electron chi connectivity index (χ0n) is 10.7.